The van der Waals surface area contributed by atoms with E-state index in [1.54, 1.807) is 36.4 Å². The number of ether oxygens (including phenoxy) is 1. The van der Waals surface area contributed by atoms with Gasteiger partial charge in [0, 0.05) is 29.9 Å². The van der Waals surface area contributed by atoms with E-state index in [0.29, 0.717) is 28.0 Å². The Bertz CT molecular complexity index is 1570. The molecular formula is C30H25FN2O5. The molecule has 0 bridgehead atoms. The van der Waals surface area contributed by atoms with Gasteiger partial charge in [0.25, 0.3) is 5.91 Å². The third kappa shape index (κ3) is 3.89. The van der Waals surface area contributed by atoms with Gasteiger partial charge in [-0.2, -0.15) is 0 Å². The van der Waals surface area contributed by atoms with Crippen LogP contribution in [-0.4, -0.2) is 37.0 Å². The number of furan rings is 1. The number of benzene rings is 3. The number of carbonyl (C=O) groups is 2. The molecule has 1 N–H and O–H groups in total. The molecule has 4 aromatic rings. The zero-order valence-corrected chi connectivity index (χ0v) is 20.7. The number of methoxy groups -OCH3 is 1. The molecule has 6 rings (SSSR count). The van der Waals surface area contributed by atoms with Crippen LogP contribution in [0, 0.1) is 5.82 Å². The van der Waals surface area contributed by atoms with Gasteiger partial charge < -0.3 is 19.2 Å². The van der Waals surface area contributed by atoms with Gasteiger partial charge in [0.05, 0.1) is 18.7 Å². The molecule has 3 heterocycles. The summed E-state index contributed by atoms with van der Waals surface area (Å²) in [6.45, 7) is 1.95. The minimum absolute atomic E-state index is 0.0443. The molecule has 192 valence electrons. The van der Waals surface area contributed by atoms with Crippen LogP contribution in [0.25, 0.3) is 11.0 Å². The first-order chi connectivity index (χ1) is 18.5. The number of Topliss-reactive ketones (excluding diaryl/α,β-unsaturated/α-hetero) is 1. The van der Waals surface area contributed by atoms with Crippen LogP contribution in [0.4, 0.5) is 15.8 Å². The molecule has 0 aliphatic carbocycles. The molecule has 3 aromatic carbocycles. The monoisotopic (exact) mass is 512 g/mol. The van der Waals surface area contributed by atoms with E-state index in [4.69, 9.17) is 9.15 Å². The summed E-state index contributed by atoms with van der Waals surface area (Å²) in [5.41, 5.74) is 2.27. The van der Waals surface area contributed by atoms with Crippen molar-refractivity contribution in [2.75, 3.05) is 30.0 Å². The molecular weight excluding hydrogens is 487 g/mol. The summed E-state index contributed by atoms with van der Waals surface area (Å²) in [4.78, 5) is 30.9. The Morgan fingerprint density at radius 3 is 2.37 bits per heavy atom. The Labute approximate surface area is 218 Å². The lowest BCUT2D eigenvalue weighted by Crippen LogP contribution is -2.31. The van der Waals surface area contributed by atoms with Crippen LogP contribution in [-0.2, 0) is 4.79 Å². The fourth-order valence-corrected chi connectivity index (χ4v) is 5.31. The van der Waals surface area contributed by atoms with Gasteiger partial charge in [-0.25, -0.2) is 4.39 Å². The average Bonchev–Trinajstić information content (AvgIpc) is 3.68. The van der Waals surface area contributed by atoms with Crippen LogP contribution >= 0.6 is 0 Å². The second-order valence-corrected chi connectivity index (χ2v) is 9.42. The number of fused-ring (bicyclic) bond motifs is 1. The van der Waals surface area contributed by atoms with Crippen LogP contribution in [0.2, 0.25) is 0 Å². The molecule has 0 radical (unpaired) electrons. The van der Waals surface area contributed by atoms with Crippen molar-refractivity contribution in [3.05, 3.63) is 101 Å². The molecule has 1 amide bonds. The van der Waals surface area contributed by atoms with E-state index < -0.39 is 29.3 Å². The van der Waals surface area contributed by atoms with Crippen molar-refractivity contribution in [2.24, 2.45) is 0 Å². The molecule has 7 nitrogen and oxygen atoms in total. The SMILES string of the molecule is COc1cccc2cc(C(=O)C3=C(O)C(=O)N(c4ccc(N5CCCC5)cc4)C3c3ccc(F)cc3)oc12. The van der Waals surface area contributed by atoms with E-state index in [1.807, 2.05) is 12.1 Å². The molecule has 1 fully saturated rings. The molecule has 1 atom stereocenters. The van der Waals surface area contributed by atoms with Crippen molar-refractivity contribution >= 4 is 34.0 Å². The molecule has 38 heavy (non-hydrogen) atoms. The number of anilines is 2. The van der Waals surface area contributed by atoms with Crippen molar-refractivity contribution in [3.63, 3.8) is 0 Å². The Kier molecular flexibility index (Phi) is 5.87. The summed E-state index contributed by atoms with van der Waals surface area (Å²) in [6, 6.07) is 18.8. The second kappa shape index (κ2) is 9.37. The van der Waals surface area contributed by atoms with Crippen LogP contribution in [0.3, 0.4) is 0 Å². The number of hydrogen-bond acceptors (Lipinski definition) is 6. The average molecular weight is 513 g/mol. The van der Waals surface area contributed by atoms with Gasteiger partial charge in [-0.05, 0) is 66.9 Å². The summed E-state index contributed by atoms with van der Waals surface area (Å²) in [7, 11) is 1.50. The van der Waals surface area contributed by atoms with Crippen LogP contribution < -0.4 is 14.5 Å². The number of ketones is 1. The highest BCUT2D eigenvalue weighted by molar-refractivity contribution is 6.20. The number of halogens is 1. The van der Waals surface area contributed by atoms with Crippen molar-refractivity contribution in [3.8, 4) is 5.75 Å². The summed E-state index contributed by atoms with van der Waals surface area (Å²) in [5.74, 6) is -2.07. The van der Waals surface area contributed by atoms with E-state index in [-0.39, 0.29) is 11.3 Å². The molecule has 2 aliphatic heterocycles. The van der Waals surface area contributed by atoms with E-state index in [1.165, 1.54) is 36.3 Å². The van der Waals surface area contributed by atoms with Crippen LogP contribution in [0.15, 0.2) is 88.5 Å². The zero-order valence-electron chi connectivity index (χ0n) is 20.7. The summed E-state index contributed by atoms with van der Waals surface area (Å²) in [5, 5.41) is 11.7. The van der Waals surface area contributed by atoms with Gasteiger partial charge >= 0.3 is 0 Å². The minimum Gasteiger partial charge on any atom is -0.503 e. The van der Waals surface area contributed by atoms with E-state index in [2.05, 4.69) is 4.90 Å². The number of aliphatic hydroxyl groups excluding tert-OH is 1. The van der Waals surface area contributed by atoms with Gasteiger partial charge in [-0.3, -0.25) is 14.5 Å². The summed E-state index contributed by atoms with van der Waals surface area (Å²) >= 11 is 0. The van der Waals surface area contributed by atoms with Crippen LogP contribution in [0.1, 0.15) is 35.0 Å². The fourth-order valence-electron chi connectivity index (χ4n) is 5.31. The molecule has 0 spiro atoms. The highest BCUT2D eigenvalue weighted by Gasteiger charge is 2.45. The topological polar surface area (TPSA) is 83.2 Å². The standard InChI is InChI=1S/C30H25FN2O5/c1-37-23-6-4-5-19-17-24(38-29(19)23)27(34)25-26(18-7-9-20(31)10-8-18)33(30(36)28(25)35)22-13-11-21(12-14-22)32-15-2-3-16-32/h4-14,17,26,35H,2-3,15-16H2,1H3. The van der Waals surface area contributed by atoms with E-state index in [9.17, 15) is 19.1 Å². The van der Waals surface area contributed by atoms with Gasteiger partial charge in [0.1, 0.15) is 5.82 Å². The van der Waals surface area contributed by atoms with Gasteiger partial charge in [0.2, 0.25) is 5.78 Å². The Hall–Kier alpha value is -4.59. The van der Waals surface area contributed by atoms with Crippen molar-refractivity contribution in [2.45, 2.75) is 18.9 Å². The third-order valence-electron chi connectivity index (χ3n) is 7.19. The summed E-state index contributed by atoms with van der Waals surface area (Å²) in [6.07, 6.45) is 2.27. The maximum absolute atomic E-state index is 13.8. The first-order valence-corrected chi connectivity index (χ1v) is 12.4. The first kappa shape index (κ1) is 23.8. The van der Waals surface area contributed by atoms with Crippen LogP contribution in [0.5, 0.6) is 5.75 Å². The first-order valence-electron chi connectivity index (χ1n) is 12.4. The van der Waals surface area contributed by atoms with Gasteiger partial charge in [-0.15, -0.1) is 0 Å². The number of hydrogen-bond donors (Lipinski definition) is 1. The number of nitrogens with zero attached hydrogens (tertiary/aromatic N) is 2. The Morgan fingerprint density at radius 1 is 1.00 bits per heavy atom. The van der Waals surface area contributed by atoms with Crippen molar-refractivity contribution < 1.29 is 28.2 Å². The fraction of sp³-hybridized carbons (Fsp3) is 0.200. The van der Waals surface area contributed by atoms with Crippen molar-refractivity contribution in [1.29, 1.82) is 0 Å². The predicted molar refractivity (Wildman–Crippen MR) is 141 cm³/mol. The normalized spacial score (nSPS) is 17.6. The molecule has 2 aliphatic rings. The zero-order chi connectivity index (χ0) is 26.4. The second-order valence-electron chi connectivity index (χ2n) is 9.42. The molecule has 8 heteroatoms. The van der Waals surface area contributed by atoms with Gasteiger partial charge in [0.15, 0.2) is 22.9 Å². The number of para-hydroxylation sites is 1. The van der Waals surface area contributed by atoms with E-state index in [0.717, 1.165) is 31.6 Å². The highest BCUT2D eigenvalue weighted by atomic mass is 19.1. The minimum atomic E-state index is -0.983. The maximum atomic E-state index is 13.8. The number of amides is 1. The van der Waals surface area contributed by atoms with Gasteiger partial charge in [-0.1, -0.05) is 24.3 Å². The number of carbonyl (C=O) groups excluding carboxylic acids is 2. The molecule has 1 unspecified atom stereocenters. The lowest BCUT2D eigenvalue weighted by molar-refractivity contribution is -0.117. The Balaban J connectivity index is 1.43. The lowest BCUT2D eigenvalue weighted by atomic mass is 9.94. The number of aliphatic hydroxyl groups is 1. The van der Waals surface area contributed by atoms with Crippen molar-refractivity contribution in [1.82, 2.24) is 0 Å². The molecule has 1 aromatic heterocycles. The molecule has 1 saturated heterocycles. The maximum Gasteiger partial charge on any atom is 0.294 e. The summed E-state index contributed by atoms with van der Waals surface area (Å²) < 4.78 is 25.0. The lowest BCUT2D eigenvalue weighted by Gasteiger charge is -2.27. The smallest absolute Gasteiger partial charge is 0.294 e. The largest absolute Gasteiger partial charge is 0.503 e. The predicted octanol–water partition coefficient (Wildman–Crippen LogP) is 5.96. The molecule has 0 saturated carbocycles. The highest BCUT2D eigenvalue weighted by Crippen LogP contribution is 2.43. The van der Waals surface area contributed by atoms with E-state index >= 15 is 0 Å². The number of rotatable bonds is 6. The quantitative estimate of drug-likeness (QED) is 0.321. The third-order valence-corrected chi connectivity index (χ3v) is 7.19. The Morgan fingerprint density at radius 2 is 1.68 bits per heavy atom.